The molecule has 1 aromatic carbocycles. The smallest absolute Gasteiger partial charge is 0.191 e. The van der Waals surface area contributed by atoms with E-state index in [1.807, 2.05) is 45.0 Å². The molecule has 166 valence electrons. The van der Waals surface area contributed by atoms with E-state index < -0.39 is 6.10 Å². The standard InChI is InChI=1S/C22H38N4O2.HI/c1-5-23-22(24-14-15-26(4)19-8-6-7-9-19)25-16-21(27)18-10-12-20(13-11-18)28-17(2)3;/h10-13,17,19,21,27H,5-9,14-16H2,1-4H3,(H2,23,24,25);1H. The van der Waals surface area contributed by atoms with Crippen LogP contribution in [-0.4, -0.2) is 61.3 Å². The van der Waals surface area contributed by atoms with Gasteiger partial charge in [-0.1, -0.05) is 25.0 Å². The van der Waals surface area contributed by atoms with Crippen LogP contribution in [-0.2, 0) is 0 Å². The monoisotopic (exact) mass is 518 g/mol. The number of rotatable bonds is 10. The second kappa shape index (κ2) is 14.0. The Morgan fingerprint density at radius 1 is 1.21 bits per heavy atom. The Kier molecular flexibility index (Phi) is 12.6. The predicted molar refractivity (Wildman–Crippen MR) is 131 cm³/mol. The third-order valence-corrected chi connectivity index (χ3v) is 5.11. The lowest BCUT2D eigenvalue weighted by molar-refractivity contribution is 0.186. The van der Waals surface area contributed by atoms with Crippen molar-refractivity contribution in [3.8, 4) is 5.75 Å². The number of nitrogens with zero attached hydrogens (tertiary/aromatic N) is 2. The van der Waals surface area contributed by atoms with Gasteiger partial charge >= 0.3 is 0 Å². The van der Waals surface area contributed by atoms with Crippen molar-refractivity contribution in [1.29, 1.82) is 0 Å². The van der Waals surface area contributed by atoms with Gasteiger partial charge in [0.15, 0.2) is 5.96 Å². The number of benzene rings is 1. The zero-order valence-corrected chi connectivity index (χ0v) is 20.7. The van der Waals surface area contributed by atoms with Crippen molar-refractivity contribution in [3.05, 3.63) is 29.8 Å². The highest BCUT2D eigenvalue weighted by Crippen LogP contribution is 2.22. The number of guanidine groups is 1. The normalized spacial score (nSPS) is 16.0. The van der Waals surface area contributed by atoms with E-state index in [9.17, 15) is 5.11 Å². The van der Waals surface area contributed by atoms with Gasteiger partial charge in [0.2, 0.25) is 0 Å². The maximum Gasteiger partial charge on any atom is 0.191 e. The molecular formula is C22H39IN4O2. The Bertz CT molecular complexity index is 589. The summed E-state index contributed by atoms with van der Waals surface area (Å²) in [6.07, 6.45) is 4.85. The first-order valence-electron chi connectivity index (χ1n) is 10.7. The van der Waals surface area contributed by atoms with Crippen molar-refractivity contribution in [2.24, 2.45) is 4.99 Å². The first kappa shape index (κ1) is 26.0. The Labute approximate surface area is 193 Å². The summed E-state index contributed by atoms with van der Waals surface area (Å²) < 4.78 is 5.65. The molecule has 0 heterocycles. The number of aliphatic hydroxyl groups is 1. The molecule has 7 heteroatoms. The van der Waals surface area contributed by atoms with Crippen LogP contribution in [0, 0.1) is 0 Å². The second-order valence-electron chi connectivity index (χ2n) is 7.82. The van der Waals surface area contributed by atoms with Gasteiger partial charge in [-0.2, -0.15) is 0 Å². The molecule has 1 unspecified atom stereocenters. The number of likely N-dealkylation sites (N-methyl/N-ethyl adjacent to an activating group) is 1. The van der Waals surface area contributed by atoms with Crippen LogP contribution in [0.25, 0.3) is 0 Å². The van der Waals surface area contributed by atoms with E-state index in [1.165, 1.54) is 25.7 Å². The molecule has 1 aromatic rings. The lowest BCUT2D eigenvalue weighted by Crippen LogP contribution is -2.42. The van der Waals surface area contributed by atoms with Crippen LogP contribution in [0.4, 0.5) is 0 Å². The number of aliphatic imine (C=N–C) groups is 1. The van der Waals surface area contributed by atoms with Crippen molar-refractivity contribution in [2.75, 3.05) is 33.2 Å². The molecule has 0 spiro atoms. The van der Waals surface area contributed by atoms with Gasteiger partial charge in [-0.15, -0.1) is 24.0 Å². The molecule has 1 aliphatic rings. The van der Waals surface area contributed by atoms with E-state index in [2.05, 4.69) is 27.6 Å². The summed E-state index contributed by atoms with van der Waals surface area (Å²) in [6, 6.07) is 8.31. The SMILES string of the molecule is CCNC(=NCC(O)c1ccc(OC(C)C)cc1)NCCN(C)C1CCCC1.I. The number of aliphatic hydroxyl groups excluding tert-OH is 1. The zero-order chi connectivity index (χ0) is 20.4. The molecule has 0 amide bonds. The van der Waals surface area contributed by atoms with Gasteiger partial charge in [-0.25, -0.2) is 0 Å². The van der Waals surface area contributed by atoms with Crippen molar-refractivity contribution in [1.82, 2.24) is 15.5 Å². The van der Waals surface area contributed by atoms with Gasteiger partial charge in [0.1, 0.15) is 5.75 Å². The van der Waals surface area contributed by atoms with Crippen LogP contribution in [0.2, 0.25) is 0 Å². The number of halogens is 1. The van der Waals surface area contributed by atoms with Crippen LogP contribution >= 0.6 is 24.0 Å². The number of hydrogen-bond acceptors (Lipinski definition) is 4. The van der Waals surface area contributed by atoms with Gasteiger partial charge in [-0.05, 0) is 58.4 Å². The second-order valence-corrected chi connectivity index (χ2v) is 7.82. The average Bonchev–Trinajstić information content (AvgIpc) is 3.21. The van der Waals surface area contributed by atoms with Gasteiger partial charge in [0, 0.05) is 25.7 Å². The first-order chi connectivity index (χ1) is 13.5. The average molecular weight is 518 g/mol. The van der Waals surface area contributed by atoms with E-state index in [0.29, 0.717) is 6.54 Å². The predicted octanol–water partition coefficient (Wildman–Crippen LogP) is 3.55. The third kappa shape index (κ3) is 9.53. The van der Waals surface area contributed by atoms with Gasteiger partial charge in [0.25, 0.3) is 0 Å². The summed E-state index contributed by atoms with van der Waals surface area (Å²) in [5.74, 6) is 1.57. The Balaban J connectivity index is 0.00000420. The summed E-state index contributed by atoms with van der Waals surface area (Å²) in [5, 5.41) is 17.1. The summed E-state index contributed by atoms with van der Waals surface area (Å²) in [4.78, 5) is 6.99. The molecule has 1 saturated carbocycles. The van der Waals surface area contributed by atoms with Crippen molar-refractivity contribution >= 4 is 29.9 Å². The zero-order valence-electron chi connectivity index (χ0n) is 18.4. The molecule has 2 rings (SSSR count). The van der Waals surface area contributed by atoms with E-state index in [1.54, 1.807) is 0 Å². The van der Waals surface area contributed by atoms with Crippen molar-refractivity contribution in [3.63, 3.8) is 0 Å². The highest BCUT2D eigenvalue weighted by molar-refractivity contribution is 14.0. The van der Waals surface area contributed by atoms with Crippen molar-refractivity contribution < 1.29 is 9.84 Å². The maximum absolute atomic E-state index is 10.5. The fourth-order valence-corrected chi connectivity index (χ4v) is 3.54. The molecule has 1 atom stereocenters. The highest BCUT2D eigenvalue weighted by atomic mass is 127. The summed E-state index contributed by atoms with van der Waals surface area (Å²) in [5.41, 5.74) is 0.844. The molecule has 1 fully saturated rings. The minimum atomic E-state index is -0.635. The molecule has 1 aliphatic carbocycles. The summed E-state index contributed by atoms with van der Waals surface area (Å²) in [6.45, 7) is 8.99. The molecule has 3 N–H and O–H groups in total. The van der Waals surface area contributed by atoms with Gasteiger partial charge in [0.05, 0.1) is 18.8 Å². The molecule has 0 bridgehead atoms. The molecule has 6 nitrogen and oxygen atoms in total. The van der Waals surface area contributed by atoms with E-state index in [-0.39, 0.29) is 30.1 Å². The minimum absolute atomic E-state index is 0. The molecule has 29 heavy (non-hydrogen) atoms. The van der Waals surface area contributed by atoms with Crippen LogP contribution in [0.1, 0.15) is 58.1 Å². The van der Waals surface area contributed by atoms with Gasteiger partial charge < -0.3 is 25.4 Å². The van der Waals surface area contributed by atoms with Crippen LogP contribution in [0.5, 0.6) is 5.75 Å². The summed E-state index contributed by atoms with van der Waals surface area (Å²) in [7, 11) is 2.21. The summed E-state index contributed by atoms with van der Waals surface area (Å²) >= 11 is 0. The van der Waals surface area contributed by atoms with E-state index >= 15 is 0 Å². The number of nitrogens with one attached hydrogen (secondary N) is 2. The molecular weight excluding hydrogens is 479 g/mol. The highest BCUT2D eigenvalue weighted by Gasteiger charge is 2.18. The topological polar surface area (TPSA) is 69.1 Å². The molecule has 0 aromatic heterocycles. The molecule has 0 aliphatic heterocycles. The van der Waals surface area contributed by atoms with Crippen molar-refractivity contribution in [2.45, 2.75) is 64.7 Å². The fourth-order valence-electron chi connectivity index (χ4n) is 3.54. The Hall–Kier alpha value is -1.06. The Morgan fingerprint density at radius 2 is 1.86 bits per heavy atom. The van der Waals surface area contributed by atoms with Gasteiger partial charge in [-0.3, -0.25) is 4.99 Å². The lowest BCUT2D eigenvalue weighted by atomic mass is 10.1. The quantitative estimate of drug-likeness (QED) is 0.251. The fraction of sp³-hybridized carbons (Fsp3) is 0.682. The van der Waals surface area contributed by atoms with E-state index in [4.69, 9.17) is 4.74 Å². The first-order valence-corrected chi connectivity index (χ1v) is 10.7. The van der Waals surface area contributed by atoms with Crippen LogP contribution < -0.4 is 15.4 Å². The molecule has 0 radical (unpaired) electrons. The third-order valence-electron chi connectivity index (χ3n) is 5.11. The number of ether oxygens (including phenoxy) is 1. The van der Waals surface area contributed by atoms with Crippen LogP contribution in [0.15, 0.2) is 29.3 Å². The van der Waals surface area contributed by atoms with Crippen LogP contribution in [0.3, 0.4) is 0 Å². The Morgan fingerprint density at radius 3 is 2.45 bits per heavy atom. The number of hydrogen-bond donors (Lipinski definition) is 3. The lowest BCUT2D eigenvalue weighted by Gasteiger charge is -2.24. The van der Waals surface area contributed by atoms with E-state index in [0.717, 1.165) is 42.9 Å². The largest absolute Gasteiger partial charge is 0.491 e. The molecule has 0 saturated heterocycles. The minimum Gasteiger partial charge on any atom is -0.491 e. The maximum atomic E-state index is 10.5.